The van der Waals surface area contributed by atoms with E-state index in [2.05, 4.69) is 43.4 Å². The molecule has 0 saturated heterocycles. The second-order valence-corrected chi connectivity index (χ2v) is 5.90. The first kappa shape index (κ1) is 15.4. The average molecular weight is 308 g/mol. The lowest BCUT2D eigenvalue weighted by Gasteiger charge is -2.18. The zero-order chi connectivity index (χ0) is 14.5. The number of benzene rings is 2. The number of rotatable bonds is 5. The van der Waals surface area contributed by atoms with Gasteiger partial charge in [-0.1, -0.05) is 60.0 Å². The van der Waals surface area contributed by atoms with Crippen LogP contribution < -0.4 is 5.32 Å². The van der Waals surface area contributed by atoms with Crippen LogP contribution in [0.4, 0.5) is 0 Å². The summed E-state index contributed by atoms with van der Waals surface area (Å²) in [6.45, 7) is 5.04. The van der Waals surface area contributed by atoms with Gasteiger partial charge in [0.2, 0.25) is 0 Å². The van der Waals surface area contributed by atoms with Gasteiger partial charge in [-0.2, -0.15) is 0 Å². The van der Waals surface area contributed by atoms with Gasteiger partial charge in [0.05, 0.1) is 0 Å². The van der Waals surface area contributed by atoms with Crippen LogP contribution in [0, 0.1) is 6.92 Å². The van der Waals surface area contributed by atoms with Crippen LogP contribution in [0.5, 0.6) is 0 Å². The minimum absolute atomic E-state index is 0.341. The smallest absolute Gasteiger partial charge is 0.0424 e. The minimum atomic E-state index is 0.341. The van der Waals surface area contributed by atoms with Crippen molar-refractivity contribution in [2.24, 2.45) is 0 Å². The molecule has 0 aliphatic carbocycles. The Balaban J connectivity index is 2.05. The second-order valence-electron chi connectivity index (χ2n) is 5.03. The zero-order valence-electron chi connectivity index (χ0n) is 11.8. The number of hydrogen-bond donors (Lipinski definition) is 1. The van der Waals surface area contributed by atoms with Crippen molar-refractivity contribution in [3.63, 3.8) is 0 Å². The predicted octanol–water partition coefficient (Wildman–Crippen LogP) is 5.54. The van der Waals surface area contributed by atoms with E-state index in [1.807, 2.05) is 12.1 Å². The van der Waals surface area contributed by atoms with Crippen LogP contribution in [0.15, 0.2) is 42.5 Å². The molecule has 0 saturated carbocycles. The molecule has 0 aliphatic rings. The predicted molar refractivity (Wildman–Crippen MR) is 87.5 cm³/mol. The lowest BCUT2D eigenvalue weighted by atomic mass is 10.0. The summed E-state index contributed by atoms with van der Waals surface area (Å²) in [5, 5.41) is 4.92. The monoisotopic (exact) mass is 307 g/mol. The van der Waals surface area contributed by atoms with Crippen LogP contribution >= 0.6 is 23.2 Å². The summed E-state index contributed by atoms with van der Waals surface area (Å²) < 4.78 is 0. The van der Waals surface area contributed by atoms with E-state index in [0.717, 1.165) is 18.5 Å². The van der Waals surface area contributed by atoms with Crippen LogP contribution in [-0.2, 0) is 6.54 Å². The molecule has 106 valence electrons. The molecule has 1 atom stereocenters. The third-order valence-electron chi connectivity index (χ3n) is 3.36. The Morgan fingerprint density at radius 3 is 2.15 bits per heavy atom. The molecule has 0 spiro atoms. The van der Waals surface area contributed by atoms with Crippen LogP contribution in [0.1, 0.15) is 36.1 Å². The minimum Gasteiger partial charge on any atom is -0.306 e. The fraction of sp³-hybridized carbons (Fsp3) is 0.294. The molecule has 2 aromatic carbocycles. The molecule has 0 radical (unpaired) electrons. The Kier molecular flexibility index (Phi) is 5.47. The van der Waals surface area contributed by atoms with Crippen LogP contribution in [0.2, 0.25) is 10.0 Å². The standard InChI is InChI=1S/C17H19Cl2N/c1-3-17(14-6-4-12(2)5-7-14)20-11-13-8-15(18)10-16(19)9-13/h4-10,17,20H,3,11H2,1-2H3. The fourth-order valence-electron chi connectivity index (χ4n) is 2.25. The molecule has 20 heavy (non-hydrogen) atoms. The number of nitrogens with one attached hydrogen (secondary N) is 1. The van der Waals surface area contributed by atoms with E-state index in [0.29, 0.717) is 16.1 Å². The van der Waals surface area contributed by atoms with Crippen molar-refractivity contribution in [1.82, 2.24) is 5.32 Å². The largest absolute Gasteiger partial charge is 0.306 e. The summed E-state index contributed by atoms with van der Waals surface area (Å²) in [5.74, 6) is 0. The Morgan fingerprint density at radius 1 is 1.00 bits per heavy atom. The van der Waals surface area contributed by atoms with E-state index in [9.17, 15) is 0 Å². The van der Waals surface area contributed by atoms with Crippen molar-refractivity contribution in [2.75, 3.05) is 0 Å². The van der Waals surface area contributed by atoms with Gasteiger partial charge >= 0.3 is 0 Å². The van der Waals surface area contributed by atoms with Crippen molar-refractivity contribution in [3.05, 3.63) is 69.2 Å². The van der Waals surface area contributed by atoms with Gasteiger partial charge in [0.1, 0.15) is 0 Å². The Hall–Kier alpha value is -1.02. The topological polar surface area (TPSA) is 12.0 Å². The second kappa shape index (κ2) is 7.12. The van der Waals surface area contributed by atoms with Crippen molar-refractivity contribution in [3.8, 4) is 0 Å². The first-order valence-corrected chi connectivity index (χ1v) is 7.59. The van der Waals surface area contributed by atoms with Crippen molar-refractivity contribution >= 4 is 23.2 Å². The molecule has 1 N–H and O–H groups in total. The lowest BCUT2D eigenvalue weighted by molar-refractivity contribution is 0.519. The molecule has 2 aromatic rings. The van der Waals surface area contributed by atoms with E-state index < -0.39 is 0 Å². The van der Waals surface area contributed by atoms with Crippen LogP contribution in [0.3, 0.4) is 0 Å². The average Bonchev–Trinajstić information content (AvgIpc) is 2.40. The van der Waals surface area contributed by atoms with Crippen LogP contribution in [-0.4, -0.2) is 0 Å². The molecule has 0 fully saturated rings. The maximum atomic E-state index is 6.02. The highest BCUT2D eigenvalue weighted by molar-refractivity contribution is 6.34. The highest BCUT2D eigenvalue weighted by atomic mass is 35.5. The van der Waals surface area contributed by atoms with Gasteiger partial charge < -0.3 is 5.32 Å². The van der Waals surface area contributed by atoms with Gasteiger partial charge in [-0.15, -0.1) is 0 Å². The van der Waals surface area contributed by atoms with E-state index >= 15 is 0 Å². The number of aryl methyl sites for hydroxylation is 1. The highest BCUT2D eigenvalue weighted by Crippen LogP contribution is 2.21. The maximum Gasteiger partial charge on any atom is 0.0424 e. The van der Waals surface area contributed by atoms with Crippen molar-refractivity contribution < 1.29 is 0 Å². The molecular formula is C17H19Cl2N. The van der Waals surface area contributed by atoms with E-state index in [-0.39, 0.29) is 0 Å². The fourth-order valence-corrected chi connectivity index (χ4v) is 2.82. The van der Waals surface area contributed by atoms with Crippen molar-refractivity contribution in [2.45, 2.75) is 32.9 Å². The van der Waals surface area contributed by atoms with Gasteiger partial charge in [-0.3, -0.25) is 0 Å². The van der Waals surface area contributed by atoms with Gasteiger partial charge in [0.25, 0.3) is 0 Å². The molecule has 0 aliphatic heterocycles. The van der Waals surface area contributed by atoms with E-state index in [4.69, 9.17) is 23.2 Å². The quantitative estimate of drug-likeness (QED) is 0.764. The molecule has 1 unspecified atom stereocenters. The van der Waals surface area contributed by atoms with Crippen molar-refractivity contribution in [1.29, 1.82) is 0 Å². The molecule has 3 heteroatoms. The Bertz CT molecular complexity index is 543. The highest BCUT2D eigenvalue weighted by Gasteiger charge is 2.08. The summed E-state index contributed by atoms with van der Waals surface area (Å²) in [5.41, 5.74) is 3.70. The van der Waals surface area contributed by atoms with Crippen LogP contribution in [0.25, 0.3) is 0 Å². The van der Waals surface area contributed by atoms with Gasteiger partial charge in [-0.25, -0.2) is 0 Å². The van der Waals surface area contributed by atoms with Gasteiger partial charge in [0.15, 0.2) is 0 Å². The molecular weight excluding hydrogens is 289 g/mol. The summed E-state index contributed by atoms with van der Waals surface area (Å²) in [6, 6.07) is 14.6. The number of hydrogen-bond acceptors (Lipinski definition) is 1. The summed E-state index contributed by atoms with van der Waals surface area (Å²) in [7, 11) is 0. The summed E-state index contributed by atoms with van der Waals surface area (Å²) in [4.78, 5) is 0. The summed E-state index contributed by atoms with van der Waals surface area (Å²) in [6.07, 6.45) is 1.04. The molecule has 0 amide bonds. The molecule has 1 nitrogen and oxygen atoms in total. The van der Waals surface area contributed by atoms with E-state index in [1.165, 1.54) is 11.1 Å². The Labute approximate surface area is 130 Å². The molecule has 0 aromatic heterocycles. The Morgan fingerprint density at radius 2 is 1.60 bits per heavy atom. The molecule has 0 heterocycles. The van der Waals surface area contributed by atoms with Gasteiger partial charge in [-0.05, 0) is 42.7 Å². The van der Waals surface area contributed by atoms with E-state index in [1.54, 1.807) is 6.07 Å². The molecule has 2 rings (SSSR count). The summed E-state index contributed by atoms with van der Waals surface area (Å²) >= 11 is 12.0. The zero-order valence-corrected chi connectivity index (χ0v) is 13.3. The third-order valence-corrected chi connectivity index (χ3v) is 3.80. The normalized spacial score (nSPS) is 12.4. The third kappa shape index (κ3) is 4.24. The molecule has 0 bridgehead atoms. The first-order chi connectivity index (χ1) is 9.58. The SMILES string of the molecule is CCC(NCc1cc(Cl)cc(Cl)c1)c1ccc(C)cc1. The first-order valence-electron chi connectivity index (χ1n) is 6.83. The lowest BCUT2D eigenvalue weighted by Crippen LogP contribution is -2.20. The van der Waals surface area contributed by atoms with Gasteiger partial charge in [0, 0.05) is 22.6 Å². The maximum absolute atomic E-state index is 6.02. The number of halogens is 2.